The van der Waals surface area contributed by atoms with Gasteiger partial charge >= 0.3 is 12.0 Å². The summed E-state index contributed by atoms with van der Waals surface area (Å²) in [4.78, 5) is 27.7. The predicted octanol–water partition coefficient (Wildman–Crippen LogP) is -0.250. The lowest BCUT2D eigenvalue weighted by Crippen LogP contribution is -2.31. The van der Waals surface area contributed by atoms with Gasteiger partial charge in [0.2, 0.25) is 0 Å². The van der Waals surface area contributed by atoms with Gasteiger partial charge in [-0.15, -0.1) is 0 Å². The van der Waals surface area contributed by atoms with Crippen LogP contribution in [-0.4, -0.2) is 54.0 Å². The quantitative estimate of drug-likeness (QED) is 0.692. The third-order valence-corrected chi connectivity index (χ3v) is 2.38. The maximum absolute atomic E-state index is 11.9. The molecule has 2 heterocycles. The van der Waals surface area contributed by atoms with E-state index in [1.165, 1.54) is 28.3 Å². The zero-order valence-corrected chi connectivity index (χ0v) is 10.6. The molecule has 0 saturated carbocycles. The summed E-state index contributed by atoms with van der Waals surface area (Å²) in [6.45, 7) is 0.0128. The highest BCUT2D eigenvalue weighted by Crippen LogP contribution is 2.06. The van der Waals surface area contributed by atoms with Crippen LogP contribution in [0.15, 0.2) is 18.7 Å². The van der Waals surface area contributed by atoms with Crippen LogP contribution in [0.3, 0.4) is 0 Å². The SMILES string of the molecule is CN(Cc1ncn[nH]1)C(=O)Nc1cnn(CC(=O)O)c1. The number of urea groups is 1. The predicted molar refractivity (Wildman–Crippen MR) is 66.7 cm³/mol. The van der Waals surface area contributed by atoms with E-state index in [-0.39, 0.29) is 19.1 Å². The first kappa shape index (κ1) is 13.5. The molecule has 20 heavy (non-hydrogen) atoms. The maximum atomic E-state index is 11.9. The fourth-order valence-corrected chi connectivity index (χ4v) is 1.48. The average molecular weight is 279 g/mol. The van der Waals surface area contributed by atoms with Gasteiger partial charge in [-0.05, 0) is 0 Å². The second-order valence-electron chi connectivity index (χ2n) is 4.04. The van der Waals surface area contributed by atoms with Crippen molar-refractivity contribution in [1.82, 2.24) is 29.9 Å². The number of hydrogen-bond donors (Lipinski definition) is 3. The number of nitrogens with one attached hydrogen (secondary N) is 2. The van der Waals surface area contributed by atoms with Crippen molar-refractivity contribution in [3.63, 3.8) is 0 Å². The minimum atomic E-state index is -1.01. The van der Waals surface area contributed by atoms with Crippen molar-refractivity contribution in [3.05, 3.63) is 24.5 Å². The first-order chi connectivity index (χ1) is 9.54. The van der Waals surface area contributed by atoms with Crippen molar-refractivity contribution >= 4 is 17.7 Å². The van der Waals surface area contributed by atoms with Crippen LogP contribution in [0.4, 0.5) is 10.5 Å². The lowest BCUT2D eigenvalue weighted by Gasteiger charge is -2.15. The fourth-order valence-electron chi connectivity index (χ4n) is 1.48. The van der Waals surface area contributed by atoms with E-state index in [0.29, 0.717) is 11.5 Å². The molecule has 0 fully saturated rings. The van der Waals surface area contributed by atoms with Gasteiger partial charge in [0, 0.05) is 13.2 Å². The van der Waals surface area contributed by atoms with Crippen LogP contribution in [0.25, 0.3) is 0 Å². The minimum absolute atomic E-state index is 0.260. The average Bonchev–Trinajstić information content (AvgIpc) is 3.00. The summed E-state index contributed by atoms with van der Waals surface area (Å²) in [7, 11) is 1.60. The van der Waals surface area contributed by atoms with E-state index in [4.69, 9.17) is 5.11 Å². The van der Waals surface area contributed by atoms with Crippen LogP contribution < -0.4 is 5.32 Å². The third-order valence-electron chi connectivity index (χ3n) is 2.38. The number of aromatic nitrogens is 5. The lowest BCUT2D eigenvalue weighted by atomic mass is 10.5. The summed E-state index contributed by atoms with van der Waals surface area (Å²) in [5.74, 6) is -0.447. The molecule has 10 heteroatoms. The molecule has 3 N–H and O–H groups in total. The molecule has 0 aliphatic rings. The van der Waals surface area contributed by atoms with Crippen molar-refractivity contribution < 1.29 is 14.7 Å². The zero-order valence-electron chi connectivity index (χ0n) is 10.6. The number of aliphatic carboxylic acids is 1. The summed E-state index contributed by atoms with van der Waals surface area (Å²) in [5, 5.41) is 21.4. The number of carboxylic acids is 1. The Kier molecular flexibility index (Phi) is 3.93. The smallest absolute Gasteiger partial charge is 0.325 e. The normalized spacial score (nSPS) is 10.2. The topological polar surface area (TPSA) is 129 Å². The summed E-state index contributed by atoms with van der Waals surface area (Å²) in [6, 6.07) is -0.365. The highest BCUT2D eigenvalue weighted by Gasteiger charge is 2.12. The van der Waals surface area contributed by atoms with E-state index < -0.39 is 5.97 Å². The first-order valence-electron chi connectivity index (χ1n) is 5.65. The number of anilines is 1. The molecular weight excluding hydrogens is 266 g/mol. The Bertz CT molecular complexity index is 592. The molecule has 0 aliphatic carbocycles. The standard InChI is InChI=1S/C10H13N7O3/c1-16(4-8-11-6-12-15-8)10(20)14-7-2-13-17(3-7)5-9(18)19/h2-3,6H,4-5H2,1H3,(H,14,20)(H,18,19)(H,11,12,15). The van der Waals surface area contributed by atoms with Crippen molar-refractivity contribution in [3.8, 4) is 0 Å². The van der Waals surface area contributed by atoms with E-state index in [2.05, 4.69) is 25.6 Å². The van der Waals surface area contributed by atoms with Crippen LogP contribution in [0.1, 0.15) is 5.82 Å². The molecule has 0 aromatic carbocycles. The van der Waals surface area contributed by atoms with Crippen LogP contribution in [-0.2, 0) is 17.9 Å². The molecule has 2 aromatic heterocycles. The Morgan fingerprint density at radius 3 is 3.00 bits per heavy atom. The molecular formula is C10H13N7O3. The van der Waals surface area contributed by atoms with Gasteiger partial charge in [0.05, 0.1) is 18.4 Å². The van der Waals surface area contributed by atoms with Crippen LogP contribution in [0.5, 0.6) is 0 Å². The largest absolute Gasteiger partial charge is 0.480 e. The molecule has 106 valence electrons. The van der Waals surface area contributed by atoms with Gasteiger partial charge in [-0.3, -0.25) is 14.6 Å². The Morgan fingerprint density at radius 1 is 1.55 bits per heavy atom. The zero-order chi connectivity index (χ0) is 14.5. The monoisotopic (exact) mass is 279 g/mol. The number of rotatable bonds is 5. The molecule has 0 atom stereocenters. The number of carbonyl (C=O) groups is 2. The molecule has 0 radical (unpaired) electrons. The van der Waals surface area contributed by atoms with Gasteiger partial charge in [-0.2, -0.15) is 10.2 Å². The highest BCUT2D eigenvalue weighted by atomic mass is 16.4. The van der Waals surface area contributed by atoms with E-state index >= 15 is 0 Å². The number of aromatic amines is 1. The van der Waals surface area contributed by atoms with Crippen LogP contribution >= 0.6 is 0 Å². The van der Waals surface area contributed by atoms with Gasteiger partial charge in [0.1, 0.15) is 18.7 Å². The minimum Gasteiger partial charge on any atom is -0.480 e. The summed E-state index contributed by atoms with van der Waals surface area (Å²) >= 11 is 0. The second-order valence-corrected chi connectivity index (χ2v) is 4.04. The second kappa shape index (κ2) is 5.82. The van der Waals surface area contributed by atoms with Crippen molar-refractivity contribution in [1.29, 1.82) is 0 Å². The van der Waals surface area contributed by atoms with Crippen LogP contribution in [0.2, 0.25) is 0 Å². The van der Waals surface area contributed by atoms with Crippen molar-refractivity contribution in [2.75, 3.05) is 12.4 Å². The van der Waals surface area contributed by atoms with E-state index in [1.54, 1.807) is 7.05 Å². The van der Waals surface area contributed by atoms with Crippen molar-refractivity contribution in [2.45, 2.75) is 13.1 Å². The van der Waals surface area contributed by atoms with E-state index in [9.17, 15) is 9.59 Å². The molecule has 0 unspecified atom stereocenters. The Labute approximate surface area is 113 Å². The molecule has 0 bridgehead atoms. The van der Waals surface area contributed by atoms with Gasteiger partial charge in [-0.1, -0.05) is 0 Å². The van der Waals surface area contributed by atoms with Gasteiger partial charge in [0.25, 0.3) is 0 Å². The van der Waals surface area contributed by atoms with Gasteiger partial charge in [0.15, 0.2) is 0 Å². The number of nitrogens with zero attached hydrogens (tertiary/aromatic N) is 5. The number of carbonyl (C=O) groups excluding carboxylic acids is 1. The molecule has 0 aliphatic heterocycles. The Morgan fingerprint density at radius 2 is 2.35 bits per heavy atom. The fraction of sp³-hybridized carbons (Fsp3) is 0.300. The summed E-state index contributed by atoms with van der Waals surface area (Å²) < 4.78 is 1.22. The number of hydrogen-bond acceptors (Lipinski definition) is 5. The molecule has 0 saturated heterocycles. The summed E-state index contributed by atoms with van der Waals surface area (Å²) in [6.07, 6.45) is 4.18. The molecule has 2 amide bonds. The number of H-pyrrole nitrogens is 1. The Balaban J connectivity index is 1.90. The molecule has 2 aromatic rings. The highest BCUT2D eigenvalue weighted by molar-refractivity contribution is 5.88. The molecule has 0 spiro atoms. The van der Waals surface area contributed by atoms with Gasteiger partial charge < -0.3 is 15.3 Å². The molecule has 10 nitrogen and oxygen atoms in total. The number of carboxylic acid groups (broad SMARTS) is 1. The maximum Gasteiger partial charge on any atom is 0.325 e. The lowest BCUT2D eigenvalue weighted by molar-refractivity contribution is -0.137. The number of amides is 2. The van der Waals surface area contributed by atoms with E-state index in [0.717, 1.165) is 0 Å². The summed E-state index contributed by atoms with van der Waals surface area (Å²) in [5.41, 5.74) is 0.417. The third kappa shape index (κ3) is 3.54. The van der Waals surface area contributed by atoms with E-state index in [1.807, 2.05) is 0 Å². The van der Waals surface area contributed by atoms with Crippen molar-refractivity contribution in [2.24, 2.45) is 0 Å². The van der Waals surface area contributed by atoms with Gasteiger partial charge in [-0.25, -0.2) is 9.78 Å². The van der Waals surface area contributed by atoms with Crippen LogP contribution in [0, 0.1) is 0 Å². The first-order valence-corrected chi connectivity index (χ1v) is 5.65. The molecule has 2 rings (SSSR count). The Hall–Kier alpha value is -2.91.